The first-order valence-corrected chi connectivity index (χ1v) is 11.6. The van der Waals surface area contributed by atoms with Gasteiger partial charge in [0.2, 0.25) is 0 Å². The van der Waals surface area contributed by atoms with Crippen molar-refractivity contribution in [3.8, 4) is 5.75 Å². The second kappa shape index (κ2) is 8.51. The summed E-state index contributed by atoms with van der Waals surface area (Å²) in [6, 6.07) is 9.07. The van der Waals surface area contributed by atoms with E-state index in [1.54, 1.807) is 38.4 Å². The molecule has 8 nitrogen and oxygen atoms in total. The van der Waals surface area contributed by atoms with Gasteiger partial charge in [0.1, 0.15) is 23.7 Å². The van der Waals surface area contributed by atoms with Crippen LogP contribution in [0.1, 0.15) is 30.4 Å². The fourth-order valence-corrected chi connectivity index (χ4v) is 5.71. The summed E-state index contributed by atoms with van der Waals surface area (Å²) in [4.78, 5) is 13.1. The van der Waals surface area contributed by atoms with E-state index in [0.717, 1.165) is 28.7 Å². The second-order valence-corrected chi connectivity index (χ2v) is 10.3. The number of alkyl halides is 2. The van der Waals surface area contributed by atoms with Crippen LogP contribution in [0.25, 0.3) is 0 Å². The molecule has 0 spiro atoms. The van der Waals surface area contributed by atoms with Crippen molar-refractivity contribution in [2.75, 3.05) is 20.7 Å². The van der Waals surface area contributed by atoms with E-state index in [9.17, 15) is 18.7 Å². The Balaban J connectivity index is 1.37. The minimum absolute atomic E-state index is 0.0764. The van der Waals surface area contributed by atoms with Gasteiger partial charge in [-0.25, -0.2) is 22.2 Å². The molecule has 1 unspecified atom stereocenters. The van der Waals surface area contributed by atoms with Crippen molar-refractivity contribution < 1.29 is 32.2 Å². The maximum Gasteiger partial charge on any atom is 0.287 e. The first-order chi connectivity index (χ1) is 17.4. The summed E-state index contributed by atoms with van der Waals surface area (Å²) in [6.45, 7) is -0.936. The third-order valence-electron chi connectivity index (χ3n) is 7.70. The topological polar surface area (TPSA) is 93.4 Å². The molecular formula is C25H25F4N5O3. The van der Waals surface area contributed by atoms with Crippen LogP contribution in [-0.2, 0) is 22.4 Å². The Morgan fingerprint density at radius 3 is 2.38 bits per heavy atom. The normalized spacial score (nSPS) is 24.0. The molecule has 1 aromatic heterocycles. The van der Waals surface area contributed by atoms with Gasteiger partial charge in [0.25, 0.3) is 11.8 Å². The molecule has 3 aliphatic rings. The smallest absolute Gasteiger partial charge is 0.287 e. The van der Waals surface area contributed by atoms with Gasteiger partial charge in [0.15, 0.2) is 12.2 Å². The summed E-state index contributed by atoms with van der Waals surface area (Å²) in [5, 5.41) is 21.8. The molecule has 1 heterocycles. The number of nitrogens with zero attached hydrogens (tertiary/aromatic N) is 5. The Bertz CT molecular complexity index is 1300. The Hall–Kier alpha value is -3.54. The molecule has 1 N–H and O–H groups in total. The average Bonchev–Trinajstić information content (AvgIpc) is 3.28. The standard InChI is InChI=1S/C25H25F4N5O3/c1-33(2)21(35)10-37-18-6-3-16(4-7-18)22-11-23(12-22,13-22)25(28,29)24(36,14-34-15-30-31-32-34)19-8-5-17(26)9-20(19)27/h3-9,15,36H,10-14H2,1-2H3. The van der Waals surface area contributed by atoms with Gasteiger partial charge < -0.3 is 14.7 Å². The predicted octanol–water partition coefficient (Wildman–Crippen LogP) is 3.06. The maximum atomic E-state index is 16.2. The van der Waals surface area contributed by atoms with Crippen LogP contribution in [0.5, 0.6) is 5.75 Å². The van der Waals surface area contributed by atoms with Crippen LogP contribution in [0.4, 0.5) is 17.6 Å². The summed E-state index contributed by atoms with van der Waals surface area (Å²) in [6.07, 6.45) is 1.27. The number of aliphatic hydroxyl groups is 1. The van der Waals surface area contributed by atoms with Crippen LogP contribution < -0.4 is 4.74 Å². The summed E-state index contributed by atoms with van der Waals surface area (Å²) in [5.74, 6) is -5.73. The van der Waals surface area contributed by atoms with Crippen LogP contribution in [-0.4, -0.2) is 62.7 Å². The molecule has 6 rings (SSSR count). The van der Waals surface area contributed by atoms with E-state index >= 15 is 8.78 Å². The number of aromatic nitrogens is 4. The van der Waals surface area contributed by atoms with Crippen molar-refractivity contribution in [2.24, 2.45) is 5.41 Å². The number of hydrogen-bond donors (Lipinski definition) is 1. The Morgan fingerprint density at radius 2 is 1.81 bits per heavy atom. The minimum atomic E-state index is -3.79. The van der Waals surface area contributed by atoms with E-state index in [0.29, 0.717) is 11.8 Å². The number of hydrogen-bond acceptors (Lipinski definition) is 6. The zero-order chi connectivity index (χ0) is 26.6. The highest BCUT2D eigenvalue weighted by Crippen LogP contribution is 2.80. The van der Waals surface area contributed by atoms with Crippen LogP contribution in [0.2, 0.25) is 0 Å². The lowest BCUT2D eigenvalue weighted by atomic mass is 9.30. The molecule has 0 radical (unpaired) electrons. The molecule has 2 aromatic carbocycles. The minimum Gasteiger partial charge on any atom is -0.484 e. The van der Waals surface area contributed by atoms with Gasteiger partial charge in [-0.2, -0.15) is 0 Å². The highest BCUT2D eigenvalue weighted by molar-refractivity contribution is 5.77. The van der Waals surface area contributed by atoms with Crippen molar-refractivity contribution in [2.45, 2.75) is 42.7 Å². The number of amides is 1. The van der Waals surface area contributed by atoms with Crippen LogP contribution in [0, 0.1) is 17.0 Å². The number of carbonyl (C=O) groups is 1. The fourth-order valence-electron chi connectivity index (χ4n) is 5.71. The van der Waals surface area contributed by atoms with Crippen LogP contribution in [0.3, 0.4) is 0 Å². The Kier molecular flexibility index (Phi) is 5.78. The fraction of sp³-hybridized carbons (Fsp3) is 0.440. The van der Waals surface area contributed by atoms with E-state index < -0.39 is 46.1 Å². The van der Waals surface area contributed by atoms with Gasteiger partial charge in [0.05, 0.1) is 6.54 Å². The summed E-state index contributed by atoms with van der Waals surface area (Å²) >= 11 is 0. The van der Waals surface area contributed by atoms with E-state index in [2.05, 4.69) is 15.5 Å². The molecule has 37 heavy (non-hydrogen) atoms. The molecule has 1 atom stereocenters. The summed E-state index contributed by atoms with van der Waals surface area (Å²) in [7, 11) is 3.25. The third kappa shape index (κ3) is 3.85. The zero-order valence-electron chi connectivity index (χ0n) is 20.2. The molecule has 3 aromatic rings. The number of halogens is 4. The number of tetrazole rings is 1. The first-order valence-electron chi connectivity index (χ1n) is 11.6. The monoisotopic (exact) mass is 519 g/mol. The molecule has 3 saturated carbocycles. The largest absolute Gasteiger partial charge is 0.484 e. The maximum absolute atomic E-state index is 16.2. The third-order valence-corrected chi connectivity index (χ3v) is 7.70. The van der Waals surface area contributed by atoms with Gasteiger partial charge in [-0.1, -0.05) is 12.1 Å². The average molecular weight is 519 g/mol. The molecular weight excluding hydrogens is 494 g/mol. The van der Waals surface area contributed by atoms with Gasteiger partial charge in [-0.3, -0.25) is 4.79 Å². The molecule has 2 bridgehead atoms. The first kappa shape index (κ1) is 25.1. The van der Waals surface area contributed by atoms with Crippen molar-refractivity contribution in [1.82, 2.24) is 25.1 Å². The quantitative estimate of drug-likeness (QED) is 0.437. The van der Waals surface area contributed by atoms with E-state index in [1.807, 2.05) is 0 Å². The molecule has 3 fully saturated rings. The predicted molar refractivity (Wildman–Crippen MR) is 122 cm³/mol. The van der Waals surface area contributed by atoms with Crippen molar-refractivity contribution in [3.63, 3.8) is 0 Å². The van der Waals surface area contributed by atoms with Gasteiger partial charge in [-0.15, -0.1) is 5.10 Å². The van der Waals surface area contributed by atoms with Gasteiger partial charge in [0, 0.05) is 31.1 Å². The lowest BCUT2D eigenvalue weighted by Crippen LogP contribution is -2.76. The van der Waals surface area contributed by atoms with Crippen LogP contribution >= 0.6 is 0 Å². The highest BCUT2D eigenvalue weighted by atomic mass is 19.3. The lowest BCUT2D eigenvalue weighted by molar-refractivity contribution is -0.347. The van der Waals surface area contributed by atoms with E-state index in [1.165, 1.54) is 4.90 Å². The number of ether oxygens (including phenoxy) is 1. The lowest BCUT2D eigenvalue weighted by Gasteiger charge is -2.74. The molecule has 3 aliphatic carbocycles. The van der Waals surface area contributed by atoms with E-state index in [-0.39, 0.29) is 31.8 Å². The SMILES string of the molecule is CN(C)C(=O)COc1ccc(C23CC(C(F)(F)C(O)(Cn4cnnn4)c4ccc(F)cc4F)(C2)C3)cc1. The van der Waals surface area contributed by atoms with Crippen molar-refractivity contribution in [1.29, 1.82) is 0 Å². The number of carbonyl (C=O) groups excluding carboxylic acids is 1. The number of benzene rings is 2. The molecule has 1 amide bonds. The second-order valence-electron chi connectivity index (χ2n) is 10.3. The van der Waals surface area contributed by atoms with E-state index in [4.69, 9.17) is 4.74 Å². The van der Waals surface area contributed by atoms with Crippen molar-refractivity contribution >= 4 is 5.91 Å². The Labute approximate surface area is 209 Å². The molecule has 12 heteroatoms. The molecule has 0 aliphatic heterocycles. The summed E-state index contributed by atoms with van der Waals surface area (Å²) < 4.78 is 67.1. The highest BCUT2D eigenvalue weighted by Gasteiger charge is 2.82. The molecule has 0 saturated heterocycles. The van der Waals surface area contributed by atoms with Gasteiger partial charge >= 0.3 is 0 Å². The van der Waals surface area contributed by atoms with Crippen molar-refractivity contribution in [3.05, 3.63) is 71.6 Å². The van der Waals surface area contributed by atoms with Crippen LogP contribution in [0.15, 0.2) is 48.8 Å². The zero-order valence-corrected chi connectivity index (χ0v) is 20.2. The summed E-state index contributed by atoms with van der Waals surface area (Å²) in [5.41, 5.74) is -4.98. The number of likely N-dealkylation sites (N-methyl/N-ethyl adjacent to an activating group) is 1. The Morgan fingerprint density at radius 1 is 1.14 bits per heavy atom. The van der Waals surface area contributed by atoms with Gasteiger partial charge in [-0.05, 0) is 64.9 Å². The number of rotatable bonds is 9. The molecule has 196 valence electrons.